The predicted molar refractivity (Wildman–Crippen MR) is 82.7 cm³/mol. The topological polar surface area (TPSA) is 41.6 Å². The zero-order chi connectivity index (χ0) is 15.3. The zero-order valence-corrected chi connectivity index (χ0v) is 14.0. The average Bonchev–Trinajstić information content (AvgIpc) is 2.32. The molecule has 0 aromatic carbocycles. The highest BCUT2D eigenvalue weighted by Gasteiger charge is 2.39. The second kappa shape index (κ2) is 7.41. The quantitative estimate of drug-likeness (QED) is 0.761. The average molecular weight is 284 g/mol. The van der Waals surface area contributed by atoms with Crippen LogP contribution in [0.3, 0.4) is 0 Å². The lowest BCUT2D eigenvalue weighted by Crippen LogP contribution is -2.61. The van der Waals surface area contributed by atoms with Gasteiger partial charge in [0.25, 0.3) is 0 Å². The Kier molecular flexibility index (Phi) is 6.46. The van der Waals surface area contributed by atoms with Crippen molar-refractivity contribution in [3.63, 3.8) is 0 Å². The molecule has 0 radical (unpaired) electrons. The largest absolute Gasteiger partial charge is 0.465 e. The number of ether oxygens (including phenoxy) is 1. The summed E-state index contributed by atoms with van der Waals surface area (Å²) in [5, 5.41) is 3.40. The van der Waals surface area contributed by atoms with Crippen molar-refractivity contribution >= 4 is 5.97 Å². The molecule has 20 heavy (non-hydrogen) atoms. The first-order valence-corrected chi connectivity index (χ1v) is 7.97. The van der Waals surface area contributed by atoms with Gasteiger partial charge in [-0.1, -0.05) is 6.92 Å². The van der Waals surface area contributed by atoms with Crippen molar-refractivity contribution in [3.05, 3.63) is 0 Å². The van der Waals surface area contributed by atoms with Crippen LogP contribution in [0.2, 0.25) is 0 Å². The Morgan fingerprint density at radius 3 is 2.60 bits per heavy atom. The van der Waals surface area contributed by atoms with E-state index >= 15 is 0 Å². The fourth-order valence-corrected chi connectivity index (χ4v) is 3.19. The van der Waals surface area contributed by atoms with Gasteiger partial charge < -0.3 is 4.74 Å². The lowest BCUT2D eigenvalue weighted by molar-refractivity contribution is -0.152. The van der Waals surface area contributed by atoms with E-state index in [1.807, 2.05) is 13.8 Å². The molecule has 1 aliphatic rings. The van der Waals surface area contributed by atoms with Crippen molar-refractivity contribution < 1.29 is 9.53 Å². The summed E-state index contributed by atoms with van der Waals surface area (Å²) >= 11 is 0. The van der Waals surface area contributed by atoms with Gasteiger partial charge in [0.2, 0.25) is 0 Å². The lowest BCUT2D eigenvalue weighted by Gasteiger charge is -2.42. The van der Waals surface area contributed by atoms with E-state index < -0.39 is 5.54 Å². The molecule has 1 fully saturated rings. The smallest absolute Gasteiger partial charge is 0.327 e. The van der Waals surface area contributed by atoms with Gasteiger partial charge in [-0.05, 0) is 59.9 Å². The van der Waals surface area contributed by atoms with E-state index in [0.717, 1.165) is 19.0 Å². The molecular weight excluding hydrogens is 252 g/mol. The van der Waals surface area contributed by atoms with Gasteiger partial charge >= 0.3 is 5.97 Å². The number of rotatable bonds is 6. The number of carbonyl (C=O) groups is 1. The van der Waals surface area contributed by atoms with Gasteiger partial charge in [0, 0.05) is 18.6 Å². The van der Waals surface area contributed by atoms with E-state index in [1.54, 1.807) is 0 Å². The van der Waals surface area contributed by atoms with Gasteiger partial charge in [-0.25, -0.2) is 0 Å². The molecule has 1 heterocycles. The molecule has 0 aromatic heterocycles. The number of nitrogens with zero attached hydrogens (tertiary/aromatic N) is 1. The Balaban J connectivity index is 2.76. The van der Waals surface area contributed by atoms with Gasteiger partial charge in [-0.15, -0.1) is 0 Å². The summed E-state index contributed by atoms with van der Waals surface area (Å²) < 4.78 is 5.28. The molecule has 0 aromatic rings. The predicted octanol–water partition coefficient (Wildman–Crippen LogP) is 2.43. The molecule has 0 saturated carbocycles. The Morgan fingerprint density at radius 1 is 1.45 bits per heavy atom. The summed E-state index contributed by atoms with van der Waals surface area (Å²) in [6.07, 6.45) is 2.42. The number of hydrogen-bond acceptors (Lipinski definition) is 4. The maximum Gasteiger partial charge on any atom is 0.327 e. The fraction of sp³-hybridized carbons (Fsp3) is 0.938. The van der Waals surface area contributed by atoms with Crippen molar-refractivity contribution in [2.24, 2.45) is 5.92 Å². The first-order chi connectivity index (χ1) is 9.28. The van der Waals surface area contributed by atoms with Gasteiger partial charge in [0.15, 0.2) is 0 Å². The Bertz CT molecular complexity index is 320. The lowest BCUT2D eigenvalue weighted by atomic mass is 9.91. The van der Waals surface area contributed by atoms with E-state index in [-0.39, 0.29) is 12.0 Å². The SMILES string of the molecule is CCOC(=O)C(C)(CN1CCC(C)CC1C)NC(C)C. The summed E-state index contributed by atoms with van der Waals surface area (Å²) in [5.74, 6) is 0.646. The number of esters is 1. The summed E-state index contributed by atoms with van der Waals surface area (Å²) in [5.41, 5.74) is -0.626. The molecule has 1 rings (SSSR count). The second-order valence-corrected chi connectivity index (χ2v) is 6.80. The zero-order valence-electron chi connectivity index (χ0n) is 14.0. The molecular formula is C16H32N2O2. The third-order valence-electron chi connectivity index (χ3n) is 4.13. The van der Waals surface area contributed by atoms with Gasteiger partial charge in [-0.2, -0.15) is 0 Å². The molecule has 3 unspecified atom stereocenters. The Labute approximate surface area is 124 Å². The summed E-state index contributed by atoms with van der Waals surface area (Å²) in [6.45, 7) is 14.8. The van der Waals surface area contributed by atoms with Crippen molar-refractivity contribution in [3.8, 4) is 0 Å². The number of hydrogen-bond donors (Lipinski definition) is 1. The highest BCUT2D eigenvalue weighted by molar-refractivity contribution is 5.80. The molecule has 1 N–H and O–H groups in total. The van der Waals surface area contributed by atoms with Crippen LogP contribution in [0.5, 0.6) is 0 Å². The monoisotopic (exact) mass is 284 g/mol. The molecule has 3 atom stereocenters. The van der Waals surface area contributed by atoms with Gasteiger partial charge in [0.1, 0.15) is 5.54 Å². The molecule has 0 aliphatic carbocycles. The molecule has 4 nitrogen and oxygen atoms in total. The minimum atomic E-state index is -0.626. The summed E-state index contributed by atoms with van der Waals surface area (Å²) in [4.78, 5) is 14.8. The second-order valence-electron chi connectivity index (χ2n) is 6.80. The molecule has 0 spiro atoms. The maximum absolute atomic E-state index is 12.3. The first kappa shape index (κ1) is 17.4. The molecule has 118 valence electrons. The van der Waals surface area contributed by atoms with Crippen molar-refractivity contribution in [1.29, 1.82) is 0 Å². The molecule has 1 aliphatic heterocycles. The van der Waals surface area contributed by atoms with Crippen LogP contribution < -0.4 is 5.32 Å². The number of likely N-dealkylation sites (tertiary alicyclic amines) is 1. The van der Waals surface area contributed by atoms with Crippen LogP contribution in [0.4, 0.5) is 0 Å². The van der Waals surface area contributed by atoms with Gasteiger partial charge in [-0.3, -0.25) is 15.0 Å². The fourth-order valence-electron chi connectivity index (χ4n) is 3.19. The van der Waals surface area contributed by atoms with E-state index in [0.29, 0.717) is 12.6 Å². The van der Waals surface area contributed by atoms with Gasteiger partial charge in [0.05, 0.1) is 6.61 Å². The summed E-state index contributed by atoms with van der Waals surface area (Å²) in [6, 6.07) is 0.782. The van der Waals surface area contributed by atoms with Crippen molar-refractivity contribution in [1.82, 2.24) is 10.2 Å². The Morgan fingerprint density at radius 2 is 2.10 bits per heavy atom. The minimum Gasteiger partial charge on any atom is -0.465 e. The highest BCUT2D eigenvalue weighted by atomic mass is 16.5. The van der Waals surface area contributed by atoms with Crippen molar-refractivity contribution in [2.45, 2.75) is 72.0 Å². The summed E-state index contributed by atoms with van der Waals surface area (Å²) in [7, 11) is 0. The number of nitrogens with one attached hydrogen (secondary N) is 1. The Hall–Kier alpha value is -0.610. The van der Waals surface area contributed by atoms with Crippen LogP contribution in [0.25, 0.3) is 0 Å². The van der Waals surface area contributed by atoms with Crippen LogP contribution in [0.1, 0.15) is 54.4 Å². The van der Waals surface area contributed by atoms with Crippen LogP contribution in [0, 0.1) is 5.92 Å². The van der Waals surface area contributed by atoms with Crippen molar-refractivity contribution in [2.75, 3.05) is 19.7 Å². The van der Waals surface area contributed by atoms with E-state index in [1.165, 1.54) is 12.8 Å². The highest BCUT2D eigenvalue weighted by Crippen LogP contribution is 2.24. The van der Waals surface area contributed by atoms with E-state index in [2.05, 4.69) is 37.9 Å². The standard InChI is InChI=1S/C16H32N2O2/c1-7-20-15(19)16(6,17-12(2)3)11-18-9-8-13(4)10-14(18)5/h12-14,17H,7-11H2,1-6H3. The van der Waals surface area contributed by atoms with E-state index in [9.17, 15) is 4.79 Å². The first-order valence-electron chi connectivity index (χ1n) is 7.97. The minimum absolute atomic E-state index is 0.139. The molecule has 0 bridgehead atoms. The molecule has 4 heteroatoms. The maximum atomic E-state index is 12.3. The number of carbonyl (C=O) groups excluding carboxylic acids is 1. The third-order valence-corrected chi connectivity index (χ3v) is 4.13. The van der Waals surface area contributed by atoms with Crippen LogP contribution in [-0.2, 0) is 9.53 Å². The molecule has 1 saturated heterocycles. The normalized spacial score (nSPS) is 27.4. The van der Waals surface area contributed by atoms with Crippen LogP contribution in [-0.4, -0.2) is 48.2 Å². The van der Waals surface area contributed by atoms with Crippen LogP contribution in [0.15, 0.2) is 0 Å². The third kappa shape index (κ3) is 4.74. The number of piperidine rings is 1. The molecule has 0 amide bonds. The van der Waals surface area contributed by atoms with E-state index in [4.69, 9.17) is 4.74 Å². The van der Waals surface area contributed by atoms with Crippen LogP contribution >= 0.6 is 0 Å².